The van der Waals surface area contributed by atoms with Crippen molar-refractivity contribution >= 4 is 11.5 Å². The van der Waals surface area contributed by atoms with Gasteiger partial charge in [-0.25, -0.2) is 0 Å². The molecule has 1 atom stereocenters. The van der Waals surface area contributed by atoms with E-state index < -0.39 is 5.60 Å². The van der Waals surface area contributed by atoms with Gasteiger partial charge in [0.25, 0.3) is 0 Å². The minimum absolute atomic E-state index is 0.295. The second kappa shape index (κ2) is 4.96. The van der Waals surface area contributed by atoms with E-state index in [1.807, 2.05) is 14.0 Å². The number of aromatic nitrogens is 2. The van der Waals surface area contributed by atoms with Crippen LogP contribution < -0.4 is 11.1 Å². The highest BCUT2D eigenvalue weighted by molar-refractivity contribution is 5.65. The number of nitrogens with zero attached hydrogens (tertiary/aromatic N) is 2. The molecule has 0 spiro atoms. The third-order valence-electron chi connectivity index (χ3n) is 3.06. The molecule has 1 aromatic rings. The summed E-state index contributed by atoms with van der Waals surface area (Å²) < 4.78 is 1.73. The van der Waals surface area contributed by atoms with E-state index in [4.69, 9.17) is 5.73 Å². The van der Waals surface area contributed by atoms with Gasteiger partial charge >= 0.3 is 0 Å². The monoisotopic (exact) mass is 240 g/mol. The van der Waals surface area contributed by atoms with Gasteiger partial charge in [-0.1, -0.05) is 20.8 Å². The largest absolute Gasteiger partial charge is 0.394 e. The predicted molar refractivity (Wildman–Crippen MR) is 71.1 cm³/mol. The van der Waals surface area contributed by atoms with Crippen LogP contribution in [0.5, 0.6) is 0 Å². The molecule has 1 aromatic heterocycles. The zero-order chi connectivity index (χ0) is 13.2. The second-order valence-corrected chi connectivity index (χ2v) is 5.13. The van der Waals surface area contributed by atoms with Crippen molar-refractivity contribution < 1.29 is 5.11 Å². The van der Waals surface area contributed by atoms with Crippen LogP contribution in [-0.4, -0.2) is 27.0 Å². The summed E-state index contributed by atoms with van der Waals surface area (Å²) in [4.78, 5) is 0. The van der Waals surface area contributed by atoms with Gasteiger partial charge in [0.05, 0.1) is 17.0 Å². The smallest absolute Gasteiger partial charge is 0.147 e. The van der Waals surface area contributed by atoms with Crippen molar-refractivity contribution in [3.63, 3.8) is 0 Å². The average Bonchev–Trinajstić information content (AvgIpc) is 2.52. The Morgan fingerprint density at radius 3 is 2.53 bits per heavy atom. The Balaban J connectivity index is 2.85. The molecule has 5 nitrogen and oxygen atoms in total. The molecule has 0 aliphatic rings. The molecule has 5 heteroatoms. The zero-order valence-electron chi connectivity index (χ0n) is 11.4. The van der Waals surface area contributed by atoms with Gasteiger partial charge in [0.15, 0.2) is 0 Å². The maximum Gasteiger partial charge on any atom is 0.147 e. The van der Waals surface area contributed by atoms with Crippen molar-refractivity contribution in [2.24, 2.45) is 7.05 Å². The van der Waals surface area contributed by atoms with E-state index in [2.05, 4.69) is 24.3 Å². The minimum atomic E-state index is -0.727. The van der Waals surface area contributed by atoms with Crippen LogP contribution in [0.25, 0.3) is 0 Å². The van der Waals surface area contributed by atoms with Crippen LogP contribution >= 0.6 is 0 Å². The van der Waals surface area contributed by atoms with Gasteiger partial charge in [-0.3, -0.25) is 4.68 Å². The molecule has 98 valence electrons. The number of aryl methyl sites for hydroxylation is 1. The summed E-state index contributed by atoms with van der Waals surface area (Å²) in [7, 11) is 1.85. The fraction of sp³-hybridized carbons (Fsp3) is 0.750. The lowest BCUT2D eigenvalue weighted by Crippen LogP contribution is -2.33. The van der Waals surface area contributed by atoms with Crippen LogP contribution in [-0.2, 0) is 7.05 Å². The normalized spacial score (nSPS) is 15.0. The molecule has 0 aromatic carbocycles. The number of aliphatic hydroxyl groups is 1. The van der Waals surface area contributed by atoms with Crippen molar-refractivity contribution in [1.82, 2.24) is 9.78 Å². The van der Waals surface area contributed by atoms with Gasteiger partial charge in [0.2, 0.25) is 0 Å². The third-order valence-corrected chi connectivity index (χ3v) is 3.06. The molecule has 0 saturated carbocycles. The van der Waals surface area contributed by atoms with Gasteiger partial charge in [-0.2, -0.15) is 5.10 Å². The van der Waals surface area contributed by atoms with Gasteiger partial charge in [0, 0.05) is 13.6 Å². The van der Waals surface area contributed by atoms with Crippen molar-refractivity contribution in [2.45, 2.75) is 45.6 Å². The molecule has 17 heavy (non-hydrogen) atoms. The summed E-state index contributed by atoms with van der Waals surface area (Å²) in [5, 5.41) is 17.5. The summed E-state index contributed by atoms with van der Waals surface area (Å²) >= 11 is 0. The van der Waals surface area contributed by atoms with E-state index >= 15 is 0 Å². The van der Waals surface area contributed by atoms with E-state index in [1.54, 1.807) is 11.6 Å². The Morgan fingerprint density at radius 1 is 1.53 bits per heavy atom. The maximum atomic E-state index is 9.95. The molecule has 0 aliphatic heterocycles. The number of nitrogens with two attached hydrogens (primary N) is 1. The summed E-state index contributed by atoms with van der Waals surface area (Å²) in [6.07, 6.45) is 0.689. The Hall–Kier alpha value is -1.23. The number of hydrogen-bond donors (Lipinski definition) is 3. The topological polar surface area (TPSA) is 76.1 Å². The molecule has 1 unspecified atom stereocenters. The van der Waals surface area contributed by atoms with Crippen LogP contribution in [0.15, 0.2) is 0 Å². The lowest BCUT2D eigenvalue weighted by Gasteiger charge is -2.22. The van der Waals surface area contributed by atoms with Crippen LogP contribution in [0.4, 0.5) is 11.5 Å². The highest BCUT2D eigenvalue weighted by Gasteiger charge is 2.20. The van der Waals surface area contributed by atoms with Crippen molar-refractivity contribution in [3.05, 3.63) is 5.69 Å². The first-order chi connectivity index (χ1) is 7.78. The Labute approximate surface area is 103 Å². The summed E-state index contributed by atoms with van der Waals surface area (Å²) in [5.74, 6) is 1.07. The quantitative estimate of drug-likeness (QED) is 0.732. The SMILES string of the molecule is CCC(C)(O)CNc1c(N)c(C(C)C)nn1C. The molecule has 4 N–H and O–H groups in total. The first-order valence-electron chi connectivity index (χ1n) is 6.07. The predicted octanol–water partition coefficient (Wildman–Crippen LogP) is 1.70. The number of rotatable bonds is 5. The third kappa shape index (κ3) is 3.12. The molecule has 0 fully saturated rings. The van der Waals surface area contributed by atoms with E-state index in [1.165, 1.54) is 0 Å². The second-order valence-electron chi connectivity index (χ2n) is 5.13. The van der Waals surface area contributed by atoms with Crippen LogP contribution in [0.2, 0.25) is 0 Å². The molecular weight excluding hydrogens is 216 g/mol. The summed E-state index contributed by atoms with van der Waals surface area (Å²) in [6.45, 7) is 8.34. The standard InChI is InChI=1S/C12H24N4O/c1-6-12(4,17)7-14-11-9(13)10(8(2)3)15-16(11)5/h8,14,17H,6-7,13H2,1-5H3. The van der Waals surface area contributed by atoms with Crippen molar-refractivity contribution in [2.75, 3.05) is 17.6 Å². The number of nitrogen functional groups attached to an aromatic ring is 1. The lowest BCUT2D eigenvalue weighted by atomic mass is 10.0. The van der Waals surface area contributed by atoms with Gasteiger partial charge in [-0.15, -0.1) is 0 Å². The van der Waals surface area contributed by atoms with E-state index in [0.29, 0.717) is 24.6 Å². The summed E-state index contributed by atoms with van der Waals surface area (Å²) in [5.41, 5.74) is 6.89. The fourth-order valence-electron chi connectivity index (χ4n) is 1.60. The minimum Gasteiger partial charge on any atom is -0.394 e. The first-order valence-corrected chi connectivity index (χ1v) is 6.07. The molecule has 1 heterocycles. The fourth-order valence-corrected chi connectivity index (χ4v) is 1.60. The van der Waals surface area contributed by atoms with Gasteiger partial charge in [0.1, 0.15) is 5.82 Å². The van der Waals surface area contributed by atoms with Crippen molar-refractivity contribution in [1.29, 1.82) is 0 Å². The highest BCUT2D eigenvalue weighted by atomic mass is 16.3. The zero-order valence-corrected chi connectivity index (χ0v) is 11.4. The number of hydrogen-bond acceptors (Lipinski definition) is 4. The molecule has 0 saturated heterocycles. The summed E-state index contributed by atoms with van der Waals surface area (Å²) in [6, 6.07) is 0. The van der Waals surface area contributed by atoms with Gasteiger partial charge in [-0.05, 0) is 19.3 Å². The Bertz CT molecular complexity index is 382. The molecule has 0 amide bonds. The lowest BCUT2D eigenvalue weighted by molar-refractivity contribution is 0.0696. The highest BCUT2D eigenvalue weighted by Crippen LogP contribution is 2.28. The Morgan fingerprint density at radius 2 is 2.12 bits per heavy atom. The molecular formula is C12H24N4O. The molecule has 0 aliphatic carbocycles. The molecule has 0 radical (unpaired) electrons. The number of anilines is 2. The van der Waals surface area contributed by atoms with Crippen LogP contribution in [0.1, 0.15) is 45.7 Å². The molecule has 0 bridgehead atoms. The van der Waals surface area contributed by atoms with Crippen molar-refractivity contribution in [3.8, 4) is 0 Å². The average molecular weight is 240 g/mol. The van der Waals surface area contributed by atoms with E-state index in [9.17, 15) is 5.11 Å². The van der Waals surface area contributed by atoms with Gasteiger partial charge < -0.3 is 16.2 Å². The Kier molecular flexibility index (Phi) is 4.03. The van der Waals surface area contributed by atoms with Crippen LogP contribution in [0, 0.1) is 0 Å². The molecule has 1 rings (SSSR count). The van der Waals surface area contributed by atoms with Crippen LogP contribution in [0.3, 0.4) is 0 Å². The van der Waals surface area contributed by atoms with E-state index in [-0.39, 0.29) is 0 Å². The number of nitrogens with one attached hydrogen (secondary N) is 1. The maximum absolute atomic E-state index is 9.95. The van der Waals surface area contributed by atoms with E-state index in [0.717, 1.165) is 11.5 Å². The first kappa shape index (κ1) is 13.8.